The summed E-state index contributed by atoms with van der Waals surface area (Å²) in [6, 6.07) is 17.8. The SMILES string of the molecule is CC(C)(C)OC(=O)C(C(=O)OCc1ccccc1)C(Cc1ccccc1)C(=O)OCC(Cl)(Cl)Cl. The number of rotatable bonds is 9. The first-order chi connectivity index (χ1) is 15.9. The average molecular weight is 530 g/mol. The molecular weight excluding hydrogens is 503 g/mol. The highest BCUT2D eigenvalue weighted by Crippen LogP contribution is 2.29. The van der Waals surface area contributed by atoms with Crippen LogP contribution in [0.3, 0.4) is 0 Å². The number of ether oxygens (including phenoxy) is 3. The van der Waals surface area contributed by atoms with Crippen LogP contribution in [0, 0.1) is 11.8 Å². The van der Waals surface area contributed by atoms with Crippen molar-refractivity contribution in [1.29, 1.82) is 0 Å². The molecule has 34 heavy (non-hydrogen) atoms. The molecule has 0 amide bonds. The predicted molar refractivity (Wildman–Crippen MR) is 130 cm³/mol. The molecule has 6 nitrogen and oxygen atoms in total. The Morgan fingerprint density at radius 1 is 0.765 bits per heavy atom. The summed E-state index contributed by atoms with van der Waals surface area (Å²) in [5.41, 5.74) is 0.508. The molecule has 0 radical (unpaired) electrons. The van der Waals surface area contributed by atoms with E-state index in [1.54, 1.807) is 75.4 Å². The Morgan fingerprint density at radius 2 is 1.29 bits per heavy atom. The Balaban J connectivity index is 2.37. The lowest BCUT2D eigenvalue weighted by Gasteiger charge is -2.27. The maximum atomic E-state index is 13.2. The second-order valence-corrected chi connectivity index (χ2v) is 11.1. The van der Waals surface area contributed by atoms with Crippen LogP contribution in [-0.4, -0.2) is 33.9 Å². The van der Waals surface area contributed by atoms with E-state index in [4.69, 9.17) is 49.0 Å². The van der Waals surface area contributed by atoms with Crippen molar-refractivity contribution in [2.24, 2.45) is 11.8 Å². The average Bonchev–Trinajstić information content (AvgIpc) is 2.75. The summed E-state index contributed by atoms with van der Waals surface area (Å²) in [6.45, 7) is 4.34. The molecule has 0 bridgehead atoms. The van der Waals surface area contributed by atoms with Crippen LogP contribution in [0.25, 0.3) is 0 Å². The van der Waals surface area contributed by atoms with Gasteiger partial charge in [-0.2, -0.15) is 0 Å². The van der Waals surface area contributed by atoms with Crippen LogP contribution in [0.5, 0.6) is 0 Å². The highest BCUT2D eigenvalue weighted by Gasteiger charge is 2.44. The van der Waals surface area contributed by atoms with Crippen molar-refractivity contribution in [3.05, 3.63) is 71.8 Å². The fraction of sp³-hybridized carbons (Fsp3) is 0.400. The van der Waals surface area contributed by atoms with Gasteiger partial charge in [-0.1, -0.05) is 95.5 Å². The van der Waals surface area contributed by atoms with Gasteiger partial charge in [0.05, 0.1) is 5.92 Å². The second-order valence-electron chi connectivity index (χ2n) is 8.62. The number of hydrogen-bond donors (Lipinski definition) is 0. The van der Waals surface area contributed by atoms with E-state index >= 15 is 0 Å². The summed E-state index contributed by atoms with van der Waals surface area (Å²) in [5, 5.41) is 0. The van der Waals surface area contributed by atoms with E-state index in [1.807, 2.05) is 6.07 Å². The van der Waals surface area contributed by atoms with Gasteiger partial charge in [0.1, 0.15) is 18.8 Å². The molecule has 0 aliphatic heterocycles. The van der Waals surface area contributed by atoms with Gasteiger partial charge in [-0.25, -0.2) is 0 Å². The van der Waals surface area contributed by atoms with Gasteiger partial charge in [0.25, 0.3) is 0 Å². The monoisotopic (exact) mass is 528 g/mol. The van der Waals surface area contributed by atoms with Gasteiger partial charge in [0, 0.05) is 0 Å². The minimum Gasteiger partial charge on any atom is -0.461 e. The van der Waals surface area contributed by atoms with Crippen molar-refractivity contribution in [2.45, 2.75) is 43.2 Å². The fourth-order valence-corrected chi connectivity index (χ4v) is 3.24. The third-order valence-electron chi connectivity index (χ3n) is 4.52. The molecular formula is C25H27Cl3O6. The van der Waals surface area contributed by atoms with E-state index in [0.29, 0.717) is 5.56 Å². The molecule has 0 fully saturated rings. The van der Waals surface area contributed by atoms with Crippen molar-refractivity contribution in [3.63, 3.8) is 0 Å². The van der Waals surface area contributed by atoms with Gasteiger partial charge in [-0.3, -0.25) is 14.4 Å². The maximum absolute atomic E-state index is 13.2. The Labute approximate surface area is 214 Å². The largest absolute Gasteiger partial charge is 0.461 e. The summed E-state index contributed by atoms with van der Waals surface area (Å²) in [5.74, 6) is -5.57. The minimum atomic E-state index is -1.86. The van der Waals surface area contributed by atoms with Crippen molar-refractivity contribution >= 4 is 52.7 Å². The van der Waals surface area contributed by atoms with Crippen LogP contribution < -0.4 is 0 Å². The Hall–Kier alpha value is -2.28. The molecule has 2 rings (SSSR count). The van der Waals surface area contributed by atoms with Gasteiger partial charge in [-0.05, 0) is 38.3 Å². The number of alkyl halides is 3. The molecule has 2 atom stereocenters. The van der Waals surface area contributed by atoms with Crippen molar-refractivity contribution < 1.29 is 28.6 Å². The standard InChI is InChI=1S/C25H27Cl3O6/c1-24(2,3)34-23(31)20(22(30)32-15-18-12-8-5-9-13-18)19(14-17-10-6-4-7-11-17)21(29)33-16-25(26,27)28/h4-13,19-20H,14-16H2,1-3H3. The summed E-state index contributed by atoms with van der Waals surface area (Å²) in [6.07, 6.45) is 0.00385. The smallest absolute Gasteiger partial charge is 0.321 e. The van der Waals surface area contributed by atoms with E-state index in [9.17, 15) is 14.4 Å². The number of carbonyl (C=O) groups is 3. The quantitative estimate of drug-likeness (QED) is 0.186. The number of esters is 3. The molecule has 0 aromatic heterocycles. The van der Waals surface area contributed by atoms with Gasteiger partial charge in [0.15, 0.2) is 5.92 Å². The zero-order valence-corrected chi connectivity index (χ0v) is 21.4. The number of carbonyl (C=O) groups excluding carboxylic acids is 3. The van der Waals surface area contributed by atoms with E-state index < -0.39 is 45.7 Å². The third-order valence-corrected chi connectivity index (χ3v) is 4.85. The molecule has 9 heteroatoms. The molecule has 0 N–H and O–H groups in total. The lowest BCUT2D eigenvalue weighted by Crippen LogP contribution is -2.42. The summed E-state index contributed by atoms with van der Waals surface area (Å²) < 4.78 is 14.2. The van der Waals surface area contributed by atoms with Crippen LogP contribution in [0.4, 0.5) is 0 Å². The molecule has 2 unspecified atom stereocenters. The topological polar surface area (TPSA) is 78.9 Å². The highest BCUT2D eigenvalue weighted by molar-refractivity contribution is 6.67. The molecule has 2 aromatic carbocycles. The normalized spacial score (nSPS) is 13.5. The van der Waals surface area contributed by atoms with E-state index in [1.165, 1.54) is 0 Å². The summed E-state index contributed by atoms with van der Waals surface area (Å²) >= 11 is 17.2. The van der Waals surface area contributed by atoms with Gasteiger partial charge >= 0.3 is 17.9 Å². The summed E-state index contributed by atoms with van der Waals surface area (Å²) in [7, 11) is 0. The first-order valence-electron chi connectivity index (χ1n) is 10.6. The fourth-order valence-electron chi connectivity index (χ4n) is 3.07. The molecule has 0 saturated carbocycles. The molecule has 0 spiro atoms. The second kappa shape index (κ2) is 12.4. The lowest BCUT2D eigenvalue weighted by atomic mass is 9.86. The van der Waals surface area contributed by atoms with E-state index in [2.05, 4.69) is 0 Å². The molecule has 0 heterocycles. The first kappa shape index (κ1) is 28.0. The van der Waals surface area contributed by atoms with E-state index in [0.717, 1.165) is 5.56 Å². The molecule has 0 saturated heterocycles. The van der Waals surface area contributed by atoms with Crippen LogP contribution in [0.2, 0.25) is 0 Å². The Kier molecular flexibility index (Phi) is 10.2. The van der Waals surface area contributed by atoms with Crippen LogP contribution >= 0.6 is 34.8 Å². The van der Waals surface area contributed by atoms with Crippen molar-refractivity contribution in [2.75, 3.05) is 6.61 Å². The van der Waals surface area contributed by atoms with Gasteiger partial charge < -0.3 is 14.2 Å². The van der Waals surface area contributed by atoms with Crippen LogP contribution in [0.1, 0.15) is 31.9 Å². The number of halogens is 3. The number of benzene rings is 2. The zero-order chi connectivity index (χ0) is 25.4. The van der Waals surface area contributed by atoms with Gasteiger partial charge in [-0.15, -0.1) is 0 Å². The Morgan fingerprint density at radius 3 is 1.79 bits per heavy atom. The molecule has 0 aliphatic rings. The van der Waals surface area contributed by atoms with Crippen molar-refractivity contribution in [1.82, 2.24) is 0 Å². The predicted octanol–water partition coefficient (Wildman–Crippen LogP) is 5.46. The highest BCUT2D eigenvalue weighted by atomic mass is 35.6. The molecule has 184 valence electrons. The minimum absolute atomic E-state index is 0.00385. The molecule has 0 aliphatic carbocycles. The maximum Gasteiger partial charge on any atom is 0.321 e. The van der Waals surface area contributed by atoms with E-state index in [-0.39, 0.29) is 13.0 Å². The third kappa shape index (κ3) is 9.92. The van der Waals surface area contributed by atoms with Gasteiger partial charge in [0.2, 0.25) is 3.79 Å². The zero-order valence-electron chi connectivity index (χ0n) is 19.1. The van der Waals surface area contributed by atoms with Crippen molar-refractivity contribution in [3.8, 4) is 0 Å². The molecule has 2 aromatic rings. The van der Waals surface area contributed by atoms with Crippen LogP contribution in [-0.2, 0) is 41.6 Å². The van der Waals surface area contributed by atoms with Crippen LogP contribution in [0.15, 0.2) is 60.7 Å². The lowest BCUT2D eigenvalue weighted by molar-refractivity contribution is -0.178. The Bertz CT molecular complexity index is 952. The number of hydrogen-bond acceptors (Lipinski definition) is 6. The summed E-state index contributed by atoms with van der Waals surface area (Å²) in [4.78, 5) is 39.4. The first-order valence-corrected chi connectivity index (χ1v) is 11.7.